The van der Waals surface area contributed by atoms with Gasteiger partial charge in [0.2, 0.25) is 10.0 Å². The van der Waals surface area contributed by atoms with E-state index in [4.69, 9.17) is 11.6 Å². The van der Waals surface area contributed by atoms with E-state index in [0.29, 0.717) is 30.7 Å². The van der Waals surface area contributed by atoms with Gasteiger partial charge in [0, 0.05) is 16.7 Å². The molecule has 0 unspecified atom stereocenters. The fraction of sp³-hybridized carbons (Fsp3) is 0.294. The van der Waals surface area contributed by atoms with Crippen LogP contribution in [0.2, 0.25) is 5.02 Å². The summed E-state index contributed by atoms with van der Waals surface area (Å²) in [4.78, 5) is 0.725. The van der Waals surface area contributed by atoms with E-state index in [0.717, 1.165) is 17.7 Å². The molecule has 2 aromatic rings. The van der Waals surface area contributed by atoms with Crippen LogP contribution < -0.4 is 4.90 Å². The summed E-state index contributed by atoms with van der Waals surface area (Å²) in [5.74, 6) is -1.86. The summed E-state index contributed by atoms with van der Waals surface area (Å²) in [6.45, 7) is 2.44. The molecule has 1 aliphatic heterocycles. The highest BCUT2D eigenvalue weighted by molar-refractivity contribution is 7.89. The molecule has 0 aliphatic carbocycles. The standard InChI is InChI=1S/C17H17ClF2N2O2S/c18-15-4-2-1-3-13(15)12-21-7-9-22(10-8-21)25(23,24)17-6-5-14(19)11-16(17)20/h1-6,11H,7-10,12H2/p+1. The molecule has 134 valence electrons. The monoisotopic (exact) mass is 387 g/mol. The van der Waals surface area contributed by atoms with E-state index in [1.54, 1.807) is 0 Å². The smallest absolute Gasteiger partial charge is 0.246 e. The minimum Gasteiger partial charge on any atom is -0.329 e. The Morgan fingerprint density at radius 3 is 2.40 bits per heavy atom. The molecule has 25 heavy (non-hydrogen) atoms. The lowest BCUT2D eigenvalue weighted by Gasteiger charge is -2.31. The Morgan fingerprint density at radius 2 is 1.76 bits per heavy atom. The van der Waals surface area contributed by atoms with Gasteiger partial charge in [0.25, 0.3) is 0 Å². The largest absolute Gasteiger partial charge is 0.329 e. The van der Waals surface area contributed by atoms with Crippen LogP contribution in [0.4, 0.5) is 8.78 Å². The number of piperazine rings is 1. The summed E-state index contributed by atoms with van der Waals surface area (Å²) in [7, 11) is -3.96. The van der Waals surface area contributed by atoms with Gasteiger partial charge >= 0.3 is 0 Å². The van der Waals surface area contributed by atoms with Crippen molar-refractivity contribution in [2.24, 2.45) is 0 Å². The molecule has 0 spiro atoms. The molecule has 1 aliphatic rings. The van der Waals surface area contributed by atoms with Gasteiger partial charge in [-0.15, -0.1) is 0 Å². The second kappa shape index (κ2) is 7.37. The number of hydrogen-bond donors (Lipinski definition) is 1. The van der Waals surface area contributed by atoms with Crippen molar-refractivity contribution in [3.05, 3.63) is 64.7 Å². The summed E-state index contributed by atoms with van der Waals surface area (Å²) in [6.07, 6.45) is 0. The topological polar surface area (TPSA) is 41.8 Å². The maximum absolute atomic E-state index is 13.8. The highest BCUT2D eigenvalue weighted by atomic mass is 35.5. The molecule has 8 heteroatoms. The van der Waals surface area contributed by atoms with E-state index in [1.807, 2.05) is 24.3 Å². The zero-order valence-electron chi connectivity index (χ0n) is 13.4. The predicted octanol–water partition coefficient (Wildman–Crippen LogP) is 1.71. The highest BCUT2D eigenvalue weighted by Gasteiger charge is 2.32. The number of nitrogens with zero attached hydrogens (tertiary/aromatic N) is 1. The molecule has 1 heterocycles. The Kier molecular flexibility index (Phi) is 5.38. The molecule has 0 amide bonds. The average molecular weight is 388 g/mol. The molecule has 0 radical (unpaired) electrons. The van der Waals surface area contributed by atoms with Crippen LogP contribution in [0.1, 0.15) is 5.56 Å². The highest BCUT2D eigenvalue weighted by Crippen LogP contribution is 2.20. The second-order valence-corrected chi connectivity index (χ2v) is 8.31. The van der Waals surface area contributed by atoms with Crippen molar-refractivity contribution in [1.29, 1.82) is 0 Å². The van der Waals surface area contributed by atoms with Gasteiger partial charge in [-0.1, -0.05) is 29.8 Å². The predicted molar refractivity (Wildman–Crippen MR) is 91.0 cm³/mol. The SMILES string of the molecule is O=S(=O)(c1ccc(F)cc1F)N1CC[NH+](Cc2ccccc2Cl)CC1. The minimum absolute atomic E-state index is 0.277. The fourth-order valence-electron chi connectivity index (χ4n) is 2.95. The van der Waals surface area contributed by atoms with Crippen molar-refractivity contribution in [2.45, 2.75) is 11.4 Å². The molecule has 2 aromatic carbocycles. The lowest BCUT2D eigenvalue weighted by molar-refractivity contribution is -0.917. The lowest BCUT2D eigenvalue weighted by Crippen LogP contribution is -3.13. The Hall–Kier alpha value is -1.54. The molecular weight excluding hydrogens is 370 g/mol. The molecule has 1 saturated heterocycles. The number of sulfonamides is 1. The van der Waals surface area contributed by atoms with Gasteiger partial charge in [0.15, 0.2) is 0 Å². The number of hydrogen-bond acceptors (Lipinski definition) is 2. The molecule has 3 rings (SSSR count). The second-order valence-electron chi connectivity index (χ2n) is 6.00. The molecule has 0 aromatic heterocycles. The lowest BCUT2D eigenvalue weighted by atomic mass is 10.2. The van der Waals surface area contributed by atoms with E-state index >= 15 is 0 Å². The molecule has 1 fully saturated rings. The van der Waals surface area contributed by atoms with Crippen LogP contribution in [-0.4, -0.2) is 38.9 Å². The normalized spacial score (nSPS) is 16.9. The third-order valence-electron chi connectivity index (χ3n) is 4.34. The Morgan fingerprint density at radius 1 is 1.08 bits per heavy atom. The first-order valence-corrected chi connectivity index (χ1v) is 9.72. The van der Waals surface area contributed by atoms with Gasteiger partial charge in [0.1, 0.15) is 23.1 Å². The van der Waals surface area contributed by atoms with Crippen molar-refractivity contribution < 1.29 is 22.1 Å². The van der Waals surface area contributed by atoms with Crippen LogP contribution in [-0.2, 0) is 16.6 Å². The van der Waals surface area contributed by atoms with E-state index in [2.05, 4.69) is 0 Å². The van der Waals surface area contributed by atoms with Crippen molar-refractivity contribution in [2.75, 3.05) is 26.2 Å². The van der Waals surface area contributed by atoms with E-state index in [-0.39, 0.29) is 13.1 Å². The van der Waals surface area contributed by atoms with Crippen molar-refractivity contribution >= 4 is 21.6 Å². The Bertz CT molecular complexity index is 869. The van der Waals surface area contributed by atoms with Crippen molar-refractivity contribution in [3.63, 3.8) is 0 Å². The molecular formula is C17H18ClF2N2O2S+. The van der Waals surface area contributed by atoms with Gasteiger partial charge in [-0.3, -0.25) is 0 Å². The van der Waals surface area contributed by atoms with Crippen molar-refractivity contribution in [1.82, 2.24) is 4.31 Å². The van der Waals surface area contributed by atoms with Crippen LogP contribution in [0.15, 0.2) is 47.4 Å². The van der Waals surface area contributed by atoms with Crippen LogP contribution in [0, 0.1) is 11.6 Å². The van der Waals surface area contributed by atoms with E-state index in [1.165, 1.54) is 9.21 Å². The summed E-state index contributed by atoms with van der Waals surface area (Å²) in [5.41, 5.74) is 1.01. The average Bonchev–Trinajstić information content (AvgIpc) is 2.57. The molecule has 4 nitrogen and oxygen atoms in total. The summed E-state index contributed by atoms with van der Waals surface area (Å²) in [6, 6.07) is 10.1. The zero-order valence-corrected chi connectivity index (χ0v) is 15.0. The molecule has 0 atom stereocenters. The molecule has 0 saturated carbocycles. The Balaban J connectivity index is 1.68. The van der Waals surface area contributed by atoms with Gasteiger partial charge in [-0.05, 0) is 18.2 Å². The van der Waals surface area contributed by atoms with Crippen molar-refractivity contribution in [3.8, 4) is 0 Å². The summed E-state index contributed by atoms with van der Waals surface area (Å²) < 4.78 is 53.2. The summed E-state index contributed by atoms with van der Waals surface area (Å²) >= 11 is 6.16. The van der Waals surface area contributed by atoms with Crippen LogP contribution in [0.25, 0.3) is 0 Å². The number of nitrogens with one attached hydrogen (secondary N) is 1. The van der Waals surface area contributed by atoms with Crippen LogP contribution in [0.5, 0.6) is 0 Å². The van der Waals surface area contributed by atoms with Crippen LogP contribution in [0.3, 0.4) is 0 Å². The number of benzene rings is 2. The first-order valence-electron chi connectivity index (χ1n) is 7.90. The van der Waals surface area contributed by atoms with E-state index in [9.17, 15) is 17.2 Å². The number of quaternary nitrogens is 1. The fourth-order valence-corrected chi connectivity index (χ4v) is 4.64. The quantitative estimate of drug-likeness (QED) is 0.867. The molecule has 1 N–H and O–H groups in total. The first kappa shape index (κ1) is 18.3. The first-order chi connectivity index (χ1) is 11.9. The minimum atomic E-state index is -3.96. The number of rotatable bonds is 4. The maximum Gasteiger partial charge on any atom is 0.246 e. The zero-order chi connectivity index (χ0) is 18.0. The molecule has 0 bridgehead atoms. The van der Waals surface area contributed by atoms with Gasteiger partial charge in [-0.25, -0.2) is 17.2 Å². The Labute approximate surface area is 150 Å². The summed E-state index contributed by atoms with van der Waals surface area (Å²) in [5, 5.41) is 0.693. The van der Waals surface area contributed by atoms with Gasteiger partial charge in [0.05, 0.1) is 26.2 Å². The maximum atomic E-state index is 13.8. The third-order valence-corrected chi connectivity index (χ3v) is 6.64. The van der Waals surface area contributed by atoms with Gasteiger partial charge < -0.3 is 4.90 Å². The van der Waals surface area contributed by atoms with Gasteiger partial charge in [-0.2, -0.15) is 4.31 Å². The number of halogens is 3. The van der Waals surface area contributed by atoms with Crippen LogP contribution >= 0.6 is 11.6 Å². The van der Waals surface area contributed by atoms with E-state index < -0.39 is 26.6 Å². The third kappa shape index (κ3) is 4.00.